The Labute approximate surface area is 160 Å². The van der Waals surface area contributed by atoms with Gasteiger partial charge in [-0.1, -0.05) is 12.1 Å². The molecule has 5 nitrogen and oxygen atoms in total. The molecule has 1 fully saturated rings. The van der Waals surface area contributed by atoms with Crippen molar-refractivity contribution < 1.29 is 4.74 Å². The van der Waals surface area contributed by atoms with Crippen molar-refractivity contribution in [3.8, 4) is 5.75 Å². The number of hydrogen-bond acceptors (Lipinski definition) is 4. The summed E-state index contributed by atoms with van der Waals surface area (Å²) in [6, 6.07) is 12.9. The van der Waals surface area contributed by atoms with Gasteiger partial charge in [0.15, 0.2) is 5.96 Å². The Hall–Kier alpha value is -2.21. The van der Waals surface area contributed by atoms with E-state index in [0.717, 1.165) is 44.2 Å². The fourth-order valence-corrected chi connectivity index (χ4v) is 3.89. The minimum atomic E-state index is 0.472. The largest absolute Gasteiger partial charge is 0.497 e. The molecule has 6 heteroatoms. The van der Waals surface area contributed by atoms with Crippen LogP contribution in [-0.2, 0) is 6.54 Å². The molecule has 2 aromatic rings. The van der Waals surface area contributed by atoms with E-state index in [9.17, 15) is 0 Å². The van der Waals surface area contributed by atoms with Crippen molar-refractivity contribution in [2.75, 3.05) is 31.6 Å². The average molecular weight is 373 g/mol. The smallest absolute Gasteiger partial charge is 0.191 e. The fraction of sp³-hybridized carbons (Fsp3) is 0.450. The topological polar surface area (TPSA) is 48.9 Å². The summed E-state index contributed by atoms with van der Waals surface area (Å²) in [6.45, 7) is 5.81. The molecule has 0 spiro atoms. The second kappa shape index (κ2) is 9.48. The summed E-state index contributed by atoms with van der Waals surface area (Å²) in [5.41, 5.74) is 1.18. The average Bonchev–Trinajstić information content (AvgIpc) is 3.22. The molecule has 1 saturated heterocycles. The normalized spacial score (nSPS) is 15.8. The molecule has 2 N–H and O–H groups in total. The van der Waals surface area contributed by atoms with Crippen LogP contribution in [-0.4, -0.2) is 38.7 Å². The maximum absolute atomic E-state index is 5.21. The molecule has 1 aromatic carbocycles. The first-order chi connectivity index (χ1) is 12.8. The quantitative estimate of drug-likeness (QED) is 0.602. The maximum atomic E-state index is 5.21. The summed E-state index contributed by atoms with van der Waals surface area (Å²) in [4.78, 5) is 7.22. The minimum Gasteiger partial charge on any atom is -0.497 e. The van der Waals surface area contributed by atoms with Crippen LogP contribution >= 0.6 is 11.3 Å². The number of piperidine rings is 1. The lowest BCUT2D eigenvalue weighted by molar-refractivity contribution is 0.414. The van der Waals surface area contributed by atoms with Crippen LogP contribution in [0.15, 0.2) is 46.8 Å². The van der Waals surface area contributed by atoms with Gasteiger partial charge in [-0.2, -0.15) is 0 Å². The highest BCUT2D eigenvalue weighted by molar-refractivity contribution is 7.14. The zero-order chi connectivity index (χ0) is 18.2. The van der Waals surface area contributed by atoms with Gasteiger partial charge >= 0.3 is 0 Å². The number of rotatable bonds is 6. The van der Waals surface area contributed by atoms with Gasteiger partial charge in [0.2, 0.25) is 0 Å². The maximum Gasteiger partial charge on any atom is 0.191 e. The molecule has 0 unspecified atom stereocenters. The molecule has 0 amide bonds. The Morgan fingerprint density at radius 2 is 2.00 bits per heavy atom. The highest BCUT2D eigenvalue weighted by Gasteiger charge is 2.20. The van der Waals surface area contributed by atoms with Crippen molar-refractivity contribution in [3.05, 3.63) is 47.3 Å². The van der Waals surface area contributed by atoms with E-state index in [4.69, 9.17) is 9.73 Å². The van der Waals surface area contributed by atoms with Crippen molar-refractivity contribution in [1.82, 2.24) is 10.6 Å². The molecule has 3 rings (SSSR count). The third-order valence-electron chi connectivity index (χ3n) is 4.58. The third kappa shape index (κ3) is 5.14. The van der Waals surface area contributed by atoms with Gasteiger partial charge in [-0.25, -0.2) is 4.99 Å². The Morgan fingerprint density at radius 1 is 1.23 bits per heavy atom. The zero-order valence-electron chi connectivity index (χ0n) is 15.6. The number of anilines is 1. The number of nitrogens with zero attached hydrogens (tertiary/aromatic N) is 2. The number of benzene rings is 1. The molecule has 1 aromatic heterocycles. The molecule has 2 heterocycles. The SMILES string of the molecule is CCNC(=NCc1ccc(OC)cc1)NC1CCN(c2cccs2)CC1. The molecule has 0 saturated carbocycles. The van der Waals surface area contributed by atoms with Crippen LogP contribution in [0.5, 0.6) is 5.75 Å². The van der Waals surface area contributed by atoms with Crippen molar-refractivity contribution in [3.63, 3.8) is 0 Å². The molecule has 0 atom stereocenters. The van der Waals surface area contributed by atoms with E-state index < -0.39 is 0 Å². The van der Waals surface area contributed by atoms with Gasteiger partial charge in [0.1, 0.15) is 5.75 Å². The van der Waals surface area contributed by atoms with E-state index in [-0.39, 0.29) is 0 Å². The van der Waals surface area contributed by atoms with Crippen LogP contribution in [0.4, 0.5) is 5.00 Å². The molecule has 26 heavy (non-hydrogen) atoms. The molecular weight excluding hydrogens is 344 g/mol. The van der Waals surface area contributed by atoms with E-state index in [2.05, 4.69) is 52.1 Å². The van der Waals surface area contributed by atoms with Crippen LogP contribution in [0.1, 0.15) is 25.3 Å². The number of nitrogens with one attached hydrogen (secondary N) is 2. The lowest BCUT2D eigenvalue weighted by Gasteiger charge is -2.33. The molecular formula is C20H28N4OS. The summed E-state index contributed by atoms with van der Waals surface area (Å²) >= 11 is 1.82. The number of aliphatic imine (C=N–C) groups is 1. The predicted molar refractivity (Wildman–Crippen MR) is 110 cm³/mol. The van der Waals surface area contributed by atoms with E-state index >= 15 is 0 Å². The Morgan fingerprint density at radius 3 is 2.62 bits per heavy atom. The predicted octanol–water partition coefficient (Wildman–Crippen LogP) is 3.48. The molecule has 1 aliphatic heterocycles. The van der Waals surface area contributed by atoms with Gasteiger partial charge in [-0.3, -0.25) is 0 Å². The number of hydrogen-bond donors (Lipinski definition) is 2. The highest BCUT2D eigenvalue weighted by Crippen LogP contribution is 2.24. The van der Waals surface area contributed by atoms with Crippen LogP contribution in [0.3, 0.4) is 0 Å². The van der Waals surface area contributed by atoms with E-state index in [0.29, 0.717) is 12.6 Å². The number of ether oxygens (including phenoxy) is 1. The fourth-order valence-electron chi connectivity index (χ4n) is 3.11. The third-order valence-corrected chi connectivity index (χ3v) is 5.51. The van der Waals surface area contributed by atoms with Crippen molar-refractivity contribution in [2.24, 2.45) is 4.99 Å². The molecule has 0 bridgehead atoms. The van der Waals surface area contributed by atoms with Crippen LogP contribution in [0, 0.1) is 0 Å². The summed E-state index contributed by atoms with van der Waals surface area (Å²) in [5.74, 6) is 1.78. The first-order valence-electron chi connectivity index (χ1n) is 9.24. The van der Waals surface area contributed by atoms with Crippen LogP contribution in [0.2, 0.25) is 0 Å². The first kappa shape index (κ1) is 18.6. The van der Waals surface area contributed by atoms with E-state index in [1.807, 2.05) is 23.5 Å². The standard InChI is InChI=1S/C20H28N4OS/c1-3-21-20(22-15-16-6-8-18(25-2)9-7-16)23-17-10-12-24(13-11-17)19-5-4-14-26-19/h4-9,14,17H,3,10-13,15H2,1-2H3,(H2,21,22,23). The summed E-state index contributed by atoms with van der Waals surface area (Å²) in [5, 5.41) is 10.5. The van der Waals surface area contributed by atoms with E-state index in [1.165, 1.54) is 10.6 Å². The zero-order valence-corrected chi connectivity index (χ0v) is 16.4. The van der Waals surface area contributed by atoms with Gasteiger partial charge in [0.25, 0.3) is 0 Å². The number of thiophene rings is 1. The lowest BCUT2D eigenvalue weighted by atomic mass is 10.1. The van der Waals surface area contributed by atoms with Crippen LogP contribution < -0.4 is 20.3 Å². The molecule has 1 aliphatic rings. The lowest BCUT2D eigenvalue weighted by Crippen LogP contribution is -2.48. The van der Waals surface area contributed by atoms with E-state index in [1.54, 1.807) is 7.11 Å². The van der Waals surface area contributed by atoms with Crippen LogP contribution in [0.25, 0.3) is 0 Å². The Balaban J connectivity index is 1.52. The monoisotopic (exact) mass is 372 g/mol. The number of methoxy groups -OCH3 is 1. The second-order valence-electron chi connectivity index (χ2n) is 6.40. The van der Waals surface area contributed by atoms with Crippen molar-refractivity contribution >= 4 is 22.3 Å². The highest BCUT2D eigenvalue weighted by atomic mass is 32.1. The van der Waals surface area contributed by atoms with Crippen molar-refractivity contribution in [2.45, 2.75) is 32.4 Å². The Bertz CT molecular complexity index is 676. The van der Waals surface area contributed by atoms with Gasteiger partial charge < -0.3 is 20.3 Å². The number of guanidine groups is 1. The molecule has 0 radical (unpaired) electrons. The second-order valence-corrected chi connectivity index (χ2v) is 7.33. The van der Waals surface area contributed by atoms with Gasteiger partial charge in [0.05, 0.1) is 18.7 Å². The summed E-state index contributed by atoms with van der Waals surface area (Å²) in [7, 11) is 1.68. The Kier molecular flexibility index (Phi) is 6.77. The molecule has 0 aliphatic carbocycles. The van der Waals surface area contributed by atoms with Gasteiger partial charge in [-0.05, 0) is 55.0 Å². The van der Waals surface area contributed by atoms with Gasteiger partial charge in [-0.15, -0.1) is 11.3 Å². The first-order valence-corrected chi connectivity index (χ1v) is 10.1. The molecule has 140 valence electrons. The summed E-state index contributed by atoms with van der Waals surface area (Å²) in [6.07, 6.45) is 2.26. The minimum absolute atomic E-state index is 0.472. The summed E-state index contributed by atoms with van der Waals surface area (Å²) < 4.78 is 5.21. The van der Waals surface area contributed by atoms with Crippen molar-refractivity contribution in [1.29, 1.82) is 0 Å². The van der Waals surface area contributed by atoms with Gasteiger partial charge in [0, 0.05) is 25.7 Å².